The molecule has 1 N–H and O–H groups in total. The van der Waals surface area contributed by atoms with Crippen molar-refractivity contribution in [2.45, 2.75) is 18.9 Å². The van der Waals surface area contributed by atoms with Gasteiger partial charge in [-0.1, -0.05) is 6.07 Å². The van der Waals surface area contributed by atoms with Crippen LogP contribution in [-0.4, -0.2) is 31.0 Å². The van der Waals surface area contributed by atoms with Gasteiger partial charge in [0, 0.05) is 18.8 Å². The van der Waals surface area contributed by atoms with Crippen LogP contribution in [0.25, 0.3) is 0 Å². The van der Waals surface area contributed by atoms with Crippen LogP contribution in [0.2, 0.25) is 0 Å². The average Bonchev–Trinajstić information content (AvgIpc) is 2.29. The van der Waals surface area contributed by atoms with Gasteiger partial charge in [0.1, 0.15) is 0 Å². The molecular formula is C10H12F4N2O. The molecule has 0 aliphatic carbocycles. The summed E-state index contributed by atoms with van der Waals surface area (Å²) in [5.41, 5.74) is 0.607. The molecule has 0 atom stereocenters. The molecule has 17 heavy (non-hydrogen) atoms. The molecule has 1 aromatic rings. The minimum Gasteiger partial charge on any atom is -0.481 e. The molecule has 0 spiro atoms. The van der Waals surface area contributed by atoms with Gasteiger partial charge in [0.15, 0.2) is 0 Å². The molecule has 0 aromatic carbocycles. The SMILES string of the molecule is COc1ccc(CNCC(F)(F)C(F)F)cn1. The number of pyridine rings is 1. The zero-order valence-corrected chi connectivity index (χ0v) is 9.09. The van der Waals surface area contributed by atoms with Crippen molar-refractivity contribution in [1.29, 1.82) is 0 Å². The number of hydrogen-bond acceptors (Lipinski definition) is 3. The quantitative estimate of drug-likeness (QED) is 0.787. The van der Waals surface area contributed by atoms with Gasteiger partial charge in [0.05, 0.1) is 13.7 Å². The van der Waals surface area contributed by atoms with E-state index >= 15 is 0 Å². The van der Waals surface area contributed by atoms with Crippen molar-refractivity contribution in [3.05, 3.63) is 23.9 Å². The number of alkyl halides is 4. The Balaban J connectivity index is 2.40. The number of rotatable bonds is 6. The van der Waals surface area contributed by atoms with Gasteiger partial charge in [0.2, 0.25) is 5.88 Å². The first-order valence-electron chi connectivity index (χ1n) is 4.81. The highest BCUT2D eigenvalue weighted by atomic mass is 19.3. The molecule has 0 bridgehead atoms. The molecule has 0 saturated heterocycles. The smallest absolute Gasteiger partial charge is 0.319 e. The van der Waals surface area contributed by atoms with E-state index in [2.05, 4.69) is 10.3 Å². The summed E-state index contributed by atoms with van der Waals surface area (Å²) in [6.45, 7) is -1.03. The molecule has 1 heterocycles. The summed E-state index contributed by atoms with van der Waals surface area (Å²) >= 11 is 0. The molecule has 3 nitrogen and oxygen atoms in total. The molecule has 0 amide bonds. The number of nitrogens with zero attached hydrogens (tertiary/aromatic N) is 1. The lowest BCUT2D eigenvalue weighted by Crippen LogP contribution is -2.38. The number of halogens is 4. The lowest BCUT2D eigenvalue weighted by molar-refractivity contribution is -0.125. The van der Waals surface area contributed by atoms with Crippen LogP contribution in [0.5, 0.6) is 5.88 Å². The maximum atomic E-state index is 12.5. The van der Waals surface area contributed by atoms with Crippen LogP contribution in [0, 0.1) is 0 Å². The van der Waals surface area contributed by atoms with E-state index in [1.807, 2.05) is 0 Å². The number of hydrogen-bond donors (Lipinski definition) is 1. The highest BCUT2D eigenvalue weighted by molar-refractivity contribution is 5.17. The van der Waals surface area contributed by atoms with E-state index in [9.17, 15) is 17.6 Å². The summed E-state index contributed by atoms with van der Waals surface area (Å²) in [5, 5.41) is 2.25. The van der Waals surface area contributed by atoms with Crippen molar-refractivity contribution in [1.82, 2.24) is 10.3 Å². The molecule has 7 heteroatoms. The highest BCUT2D eigenvalue weighted by Gasteiger charge is 2.39. The largest absolute Gasteiger partial charge is 0.481 e. The van der Waals surface area contributed by atoms with Crippen molar-refractivity contribution < 1.29 is 22.3 Å². The number of nitrogens with one attached hydrogen (secondary N) is 1. The summed E-state index contributed by atoms with van der Waals surface area (Å²) in [6.07, 6.45) is -2.24. The second-order valence-electron chi connectivity index (χ2n) is 3.37. The van der Waals surface area contributed by atoms with Crippen LogP contribution in [-0.2, 0) is 6.54 Å². The van der Waals surface area contributed by atoms with E-state index in [1.165, 1.54) is 13.3 Å². The molecule has 96 valence electrons. The Morgan fingerprint density at radius 1 is 1.41 bits per heavy atom. The monoisotopic (exact) mass is 252 g/mol. The van der Waals surface area contributed by atoms with Crippen molar-refractivity contribution in [3.8, 4) is 5.88 Å². The third kappa shape index (κ3) is 4.18. The molecule has 0 aliphatic heterocycles. The van der Waals surface area contributed by atoms with Crippen LogP contribution in [0.3, 0.4) is 0 Å². The van der Waals surface area contributed by atoms with Crippen LogP contribution in [0.1, 0.15) is 5.56 Å². The van der Waals surface area contributed by atoms with Crippen LogP contribution in [0.15, 0.2) is 18.3 Å². The van der Waals surface area contributed by atoms with Gasteiger partial charge in [-0.3, -0.25) is 0 Å². The van der Waals surface area contributed by atoms with Crippen LogP contribution < -0.4 is 10.1 Å². The molecule has 1 aromatic heterocycles. The fourth-order valence-electron chi connectivity index (χ4n) is 1.09. The third-order valence-electron chi connectivity index (χ3n) is 2.02. The van der Waals surface area contributed by atoms with E-state index in [0.29, 0.717) is 11.4 Å². The fourth-order valence-corrected chi connectivity index (χ4v) is 1.09. The average molecular weight is 252 g/mol. The Kier molecular flexibility index (Phi) is 4.68. The summed E-state index contributed by atoms with van der Waals surface area (Å²) in [5.74, 6) is -3.62. The summed E-state index contributed by atoms with van der Waals surface area (Å²) in [4.78, 5) is 3.85. The van der Waals surface area contributed by atoms with Crippen molar-refractivity contribution in [2.24, 2.45) is 0 Å². The predicted molar refractivity (Wildman–Crippen MR) is 53.4 cm³/mol. The Morgan fingerprint density at radius 3 is 2.59 bits per heavy atom. The Bertz CT molecular complexity index is 343. The maximum Gasteiger partial charge on any atom is 0.319 e. The summed E-state index contributed by atoms with van der Waals surface area (Å²) in [6, 6.07) is 3.17. The third-order valence-corrected chi connectivity index (χ3v) is 2.02. The first-order chi connectivity index (χ1) is 7.95. The van der Waals surface area contributed by atoms with E-state index in [0.717, 1.165) is 0 Å². The lowest BCUT2D eigenvalue weighted by atomic mass is 10.2. The fraction of sp³-hybridized carbons (Fsp3) is 0.500. The number of ether oxygens (including phenoxy) is 1. The predicted octanol–water partition coefficient (Wildman–Crippen LogP) is 2.08. The van der Waals surface area contributed by atoms with E-state index in [4.69, 9.17) is 4.74 Å². The normalized spacial score (nSPS) is 11.9. The van der Waals surface area contributed by atoms with Crippen molar-refractivity contribution in [3.63, 3.8) is 0 Å². The molecule has 0 unspecified atom stereocenters. The highest BCUT2D eigenvalue weighted by Crippen LogP contribution is 2.21. The van der Waals surface area contributed by atoms with Gasteiger partial charge in [-0.05, 0) is 5.56 Å². The van der Waals surface area contributed by atoms with E-state index in [1.54, 1.807) is 12.1 Å². The Morgan fingerprint density at radius 2 is 2.12 bits per heavy atom. The number of methoxy groups -OCH3 is 1. The molecule has 0 aliphatic rings. The second kappa shape index (κ2) is 5.81. The van der Waals surface area contributed by atoms with Gasteiger partial charge in [0.25, 0.3) is 0 Å². The number of aromatic nitrogens is 1. The van der Waals surface area contributed by atoms with Gasteiger partial charge >= 0.3 is 12.3 Å². The molecule has 0 saturated carbocycles. The molecule has 0 fully saturated rings. The first kappa shape index (κ1) is 13.7. The molecule has 0 radical (unpaired) electrons. The second-order valence-corrected chi connectivity index (χ2v) is 3.37. The lowest BCUT2D eigenvalue weighted by Gasteiger charge is -2.15. The topological polar surface area (TPSA) is 34.1 Å². The van der Waals surface area contributed by atoms with Crippen LogP contribution >= 0.6 is 0 Å². The minimum absolute atomic E-state index is 0.0410. The van der Waals surface area contributed by atoms with E-state index < -0.39 is 18.9 Å². The molecule has 1 rings (SSSR count). The Hall–Kier alpha value is -1.37. The van der Waals surface area contributed by atoms with Crippen LogP contribution in [0.4, 0.5) is 17.6 Å². The Labute approximate surface area is 95.8 Å². The summed E-state index contributed by atoms with van der Waals surface area (Å²) in [7, 11) is 1.45. The molecular weight excluding hydrogens is 240 g/mol. The van der Waals surface area contributed by atoms with E-state index in [-0.39, 0.29) is 6.54 Å². The summed E-state index contributed by atoms with van der Waals surface area (Å²) < 4.78 is 53.5. The maximum absolute atomic E-state index is 12.5. The first-order valence-corrected chi connectivity index (χ1v) is 4.81. The zero-order chi connectivity index (χ0) is 12.9. The van der Waals surface area contributed by atoms with Gasteiger partial charge in [-0.15, -0.1) is 0 Å². The van der Waals surface area contributed by atoms with Crippen molar-refractivity contribution in [2.75, 3.05) is 13.7 Å². The zero-order valence-electron chi connectivity index (χ0n) is 9.09. The standard InChI is InChI=1S/C10H12F4N2O/c1-17-8-3-2-7(5-16-8)4-15-6-10(13,14)9(11)12/h2-3,5,9,15H,4,6H2,1H3. The van der Waals surface area contributed by atoms with Gasteiger partial charge in [-0.25, -0.2) is 13.8 Å². The minimum atomic E-state index is -4.01. The van der Waals surface area contributed by atoms with Gasteiger partial charge < -0.3 is 10.1 Å². The van der Waals surface area contributed by atoms with Gasteiger partial charge in [-0.2, -0.15) is 8.78 Å². The van der Waals surface area contributed by atoms with Crippen molar-refractivity contribution >= 4 is 0 Å².